The van der Waals surface area contributed by atoms with Crippen LogP contribution in [0.4, 0.5) is 10.5 Å². The van der Waals surface area contributed by atoms with Crippen molar-refractivity contribution in [3.05, 3.63) is 47.4 Å². The number of benzene rings is 1. The summed E-state index contributed by atoms with van der Waals surface area (Å²) in [6.45, 7) is 4.52. The molecule has 2 N–H and O–H groups in total. The van der Waals surface area contributed by atoms with E-state index in [0.717, 1.165) is 17.0 Å². The molecule has 30 heavy (non-hydrogen) atoms. The first-order chi connectivity index (χ1) is 14.4. The van der Waals surface area contributed by atoms with Crippen LogP contribution in [-0.2, 0) is 6.54 Å². The first-order valence-electron chi connectivity index (χ1n) is 9.75. The van der Waals surface area contributed by atoms with Gasteiger partial charge in [0.05, 0.1) is 33.0 Å². The van der Waals surface area contributed by atoms with Gasteiger partial charge in [0.15, 0.2) is 5.65 Å². The van der Waals surface area contributed by atoms with Crippen molar-refractivity contribution in [3.63, 3.8) is 0 Å². The summed E-state index contributed by atoms with van der Waals surface area (Å²) in [5, 5.41) is 22.0. The maximum Gasteiger partial charge on any atom is 0.322 e. The molecule has 1 aliphatic heterocycles. The van der Waals surface area contributed by atoms with E-state index < -0.39 is 6.10 Å². The molecule has 0 radical (unpaired) electrons. The number of aromatic nitrogens is 3. The summed E-state index contributed by atoms with van der Waals surface area (Å²) in [7, 11) is 3.12. The van der Waals surface area contributed by atoms with E-state index in [2.05, 4.69) is 15.5 Å². The van der Waals surface area contributed by atoms with Gasteiger partial charge in [-0.15, -0.1) is 10.2 Å². The number of β-amino-alcohol motifs (C(OH)–C–C–N with tert-alkyl or cyclic N) is 1. The number of fused-ring (bicyclic) bond motifs is 2. The lowest BCUT2D eigenvalue weighted by Crippen LogP contribution is -2.41. The molecule has 0 unspecified atom stereocenters. The van der Waals surface area contributed by atoms with Gasteiger partial charge in [-0.2, -0.15) is 0 Å². The number of nitrogens with one attached hydrogen (secondary N) is 1. The van der Waals surface area contributed by atoms with Crippen LogP contribution in [0.2, 0.25) is 0 Å². The Labute approximate surface area is 174 Å². The number of hydrogen-bond acceptors (Lipinski definition) is 6. The van der Waals surface area contributed by atoms with Gasteiger partial charge < -0.3 is 24.8 Å². The minimum atomic E-state index is -0.877. The third kappa shape index (κ3) is 3.41. The molecule has 1 atom stereocenters. The van der Waals surface area contributed by atoms with Crippen molar-refractivity contribution in [2.75, 3.05) is 26.1 Å². The van der Waals surface area contributed by atoms with Crippen LogP contribution in [-0.4, -0.2) is 51.4 Å². The van der Waals surface area contributed by atoms with Gasteiger partial charge in [0, 0.05) is 23.2 Å². The van der Waals surface area contributed by atoms with Crippen molar-refractivity contribution in [2.24, 2.45) is 0 Å². The second-order valence-corrected chi connectivity index (χ2v) is 7.55. The Morgan fingerprint density at radius 1 is 1.17 bits per heavy atom. The number of carbonyl (C=O) groups is 1. The number of rotatable bonds is 4. The zero-order valence-corrected chi connectivity index (χ0v) is 17.4. The first kappa shape index (κ1) is 20.0. The van der Waals surface area contributed by atoms with E-state index in [-0.39, 0.29) is 18.5 Å². The maximum absolute atomic E-state index is 13.0. The lowest BCUT2D eigenvalue weighted by atomic mass is 9.95. The van der Waals surface area contributed by atoms with Crippen LogP contribution in [0.15, 0.2) is 30.5 Å². The van der Waals surface area contributed by atoms with Crippen molar-refractivity contribution in [1.29, 1.82) is 0 Å². The van der Waals surface area contributed by atoms with Crippen molar-refractivity contribution in [3.8, 4) is 11.5 Å². The fourth-order valence-corrected chi connectivity index (χ4v) is 3.81. The minimum Gasteiger partial charge on any atom is -0.496 e. The summed E-state index contributed by atoms with van der Waals surface area (Å²) < 4.78 is 12.7. The van der Waals surface area contributed by atoms with Crippen LogP contribution in [0.5, 0.6) is 11.5 Å². The average molecular weight is 411 g/mol. The van der Waals surface area contributed by atoms with Gasteiger partial charge in [0.1, 0.15) is 23.4 Å². The number of nitrogens with zero attached hydrogens (tertiary/aromatic N) is 4. The Kier molecular flexibility index (Phi) is 5.21. The predicted octanol–water partition coefficient (Wildman–Crippen LogP) is 2.95. The molecule has 2 amide bonds. The molecule has 0 saturated carbocycles. The summed E-state index contributed by atoms with van der Waals surface area (Å²) in [4.78, 5) is 14.5. The molecule has 0 saturated heterocycles. The highest BCUT2D eigenvalue weighted by atomic mass is 16.5. The number of carbonyl (C=O) groups excluding carboxylic acids is 1. The summed E-state index contributed by atoms with van der Waals surface area (Å²) in [5.74, 6) is 2.20. The Morgan fingerprint density at radius 2 is 1.90 bits per heavy atom. The molecule has 158 valence electrons. The van der Waals surface area contributed by atoms with Crippen molar-refractivity contribution < 1.29 is 19.4 Å². The number of ether oxygens (including phenoxy) is 2. The second kappa shape index (κ2) is 7.83. The molecule has 0 spiro atoms. The average Bonchev–Trinajstić information content (AvgIpc) is 3.16. The summed E-state index contributed by atoms with van der Waals surface area (Å²) in [5.41, 5.74) is 2.73. The third-order valence-electron chi connectivity index (χ3n) is 5.27. The van der Waals surface area contributed by atoms with E-state index >= 15 is 0 Å². The molecule has 3 heterocycles. The molecule has 9 heteroatoms. The van der Waals surface area contributed by atoms with E-state index in [1.807, 2.05) is 24.3 Å². The molecule has 4 rings (SSSR count). The number of anilines is 1. The van der Waals surface area contributed by atoms with Crippen LogP contribution in [0.25, 0.3) is 5.65 Å². The molecule has 0 aliphatic carbocycles. The largest absolute Gasteiger partial charge is 0.496 e. The van der Waals surface area contributed by atoms with E-state index in [4.69, 9.17) is 9.47 Å². The predicted molar refractivity (Wildman–Crippen MR) is 111 cm³/mol. The highest BCUT2D eigenvalue weighted by molar-refractivity contribution is 5.89. The standard InChI is InChI=1S/C21H25N5O4/c1-12(2)20-24-23-18-8-5-13(9-26(18)20)22-21(28)25-10-14-16(29-3)6-7-17(30-4)19(14)15(27)11-25/h5-9,12,15,27H,10-11H2,1-4H3,(H,22,28)/t15-/m1/s1. The number of urea groups is 1. The van der Waals surface area contributed by atoms with Crippen molar-refractivity contribution in [1.82, 2.24) is 19.5 Å². The van der Waals surface area contributed by atoms with Crippen LogP contribution in [0.3, 0.4) is 0 Å². The minimum absolute atomic E-state index is 0.147. The van der Waals surface area contributed by atoms with Crippen molar-refractivity contribution >= 4 is 17.4 Å². The SMILES string of the molecule is COc1ccc(OC)c2c1CN(C(=O)Nc1ccc3nnc(C(C)C)n3c1)C[C@H]2O. The molecule has 1 aliphatic rings. The number of pyridine rings is 1. The monoisotopic (exact) mass is 411 g/mol. The highest BCUT2D eigenvalue weighted by Gasteiger charge is 2.32. The number of hydrogen-bond donors (Lipinski definition) is 2. The fraction of sp³-hybridized carbons (Fsp3) is 0.381. The number of aliphatic hydroxyl groups is 1. The van der Waals surface area contributed by atoms with Gasteiger partial charge in [-0.1, -0.05) is 13.8 Å². The highest BCUT2D eigenvalue weighted by Crippen LogP contribution is 2.39. The van der Waals surface area contributed by atoms with Crippen molar-refractivity contribution in [2.45, 2.75) is 32.4 Å². The summed E-state index contributed by atoms with van der Waals surface area (Å²) in [6, 6.07) is 6.81. The number of aliphatic hydroxyl groups excluding tert-OH is 1. The normalized spacial score (nSPS) is 15.9. The van der Waals surface area contributed by atoms with E-state index in [0.29, 0.717) is 29.3 Å². The van der Waals surface area contributed by atoms with Crippen LogP contribution in [0.1, 0.15) is 42.8 Å². The Bertz CT molecular complexity index is 1090. The summed E-state index contributed by atoms with van der Waals surface area (Å²) >= 11 is 0. The smallest absolute Gasteiger partial charge is 0.322 e. The zero-order chi connectivity index (χ0) is 21.4. The van der Waals surface area contributed by atoms with Crippen LogP contribution in [0, 0.1) is 0 Å². The van der Waals surface area contributed by atoms with Gasteiger partial charge in [0.25, 0.3) is 0 Å². The topological polar surface area (TPSA) is 101 Å². The fourth-order valence-electron chi connectivity index (χ4n) is 3.81. The first-order valence-corrected chi connectivity index (χ1v) is 9.75. The Balaban J connectivity index is 1.59. The molecule has 0 fully saturated rings. The van der Waals surface area contributed by atoms with Crippen LogP contribution < -0.4 is 14.8 Å². The lowest BCUT2D eigenvalue weighted by Gasteiger charge is -2.34. The molecule has 2 aromatic heterocycles. The van der Waals surface area contributed by atoms with Gasteiger partial charge in [-0.25, -0.2) is 4.79 Å². The summed E-state index contributed by atoms with van der Waals surface area (Å²) in [6.07, 6.45) is 0.929. The lowest BCUT2D eigenvalue weighted by molar-refractivity contribution is 0.105. The molecule has 0 bridgehead atoms. The molecule has 1 aromatic carbocycles. The van der Waals surface area contributed by atoms with Gasteiger partial charge in [-0.05, 0) is 24.3 Å². The quantitative estimate of drug-likeness (QED) is 0.685. The number of methoxy groups -OCH3 is 2. The van der Waals surface area contributed by atoms with Gasteiger partial charge >= 0.3 is 6.03 Å². The third-order valence-corrected chi connectivity index (χ3v) is 5.27. The van der Waals surface area contributed by atoms with Gasteiger partial charge in [-0.3, -0.25) is 4.40 Å². The Morgan fingerprint density at radius 3 is 2.60 bits per heavy atom. The maximum atomic E-state index is 13.0. The Hall–Kier alpha value is -3.33. The van der Waals surface area contributed by atoms with E-state index in [1.54, 1.807) is 43.5 Å². The molecular weight excluding hydrogens is 386 g/mol. The molecular formula is C21H25N5O4. The number of amides is 2. The zero-order valence-electron chi connectivity index (χ0n) is 17.4. The van der Waals surface area contributed by atoms with E-state index in [1.165, 1.54) is 0 Å². The van der Waals surface area contributed by atoms with Crippen LogP contribution >= 0.6 is 0 Å². The molecule has 9 nitrogen and oxygen atoms in total. The van der Waals surface area contributed by atoms with Gasteiger partial charge in [0.2, 0.25) is 0 Å². The van der Waals surface area contributed by atoms with E-state index in [9.17, 15) is 9.90 Å². The molecule has 3 aromatic rings. The second-order valence-electron chi connectivity index (χ2n) is 7.55.